The summed E-state index contributed by atoms with van der Waals surface area (Å²) < 4.78 is 32.1. The number of fused-ring (bicyclic) bond motifs is 2. The number of nitrogens with one attached hydrogen (secondary N) is 1. The van der Waals surface area contributed by atoms with Crippen LogP contribution in [-0.2, 0) is 25.3 Å². The molecular formula is C14H18N2O4S. The van der Waals surface area contributed by atoms with Gasteiger partial charge in [-0.1, -0.05) is 6.07 Å². The third kappa shape index (κ3) is 2.80. The molecule has 3 heterocycles. The van der Waals surface area contributed by atoms with Crippen LogP contribution in [0.3, 0.4) is 0 Å². The normalized spacial score (nSPS) is 31.3. The van der Waals surface area contributed by atoms with Gasteiger partial charge in [0.2, 0.25) is 15.9 Å². The van der Waals surface area contributed by atoms with Crippen molar-refractivity contribution in [2.24, 2.45) is 5.41 Å². The lowest BCUT2D eigenvalue weighted by Gasteiger charge is -2.29. The van der Waals surface area contributed by atoms with Gasteiger partial charge in [0.15, 0.2) is 0 Å². The van der Waals surface area contributed by atoms with Gasteiger partial charge in [-0.15, -0.1) is 0 Å². The molecule has 3 atom stereocenters. The summed E-state index contributed by atoms with van der Waals surface area (Å²) in [5.41, 5.74) is -0.197. The molecule has 0 aliphatic carbocycles. The largest absolute Gasteiger partial charge is 0.374 e. The average molecular weight is 310 g/mol. The van der Waals surface area contributed by atoms with E-state index < -0.39 is 21.3 Å². The average Bonchev–Trinajstić information content (AvgIpc) is 2.99. The second-order valence-electron chi connectivity index (χ2n) is 6.00. The molecule has 1 amide bonds. The van der Waals surface area contributed by atoms with Crippen molar-refractivity contribution in [1.82, 2.24) is 9.71 Å². The van der Waals surface area contributed by atoms with E-state index in [4.69, 9.17) is 4.74 Å². The first-order valence-electron chi connectivity index (χ1n) is 6.98. The van der Waals surface area contributed by atoms with Crippen molar-refractivity contribution in [3.63, 3.8) is 0 Å². The number of amides is 1. The van der Waals surface area contributed by atoms with Crippen molar-refractivity contribution in [2.75, 3.05) is 0 Å². The molecule has 7 heteroatoms. The number of hydrogen-bond acceptors (Lipinski definition) is 5. The number of aromatic nitrogens is 1. The van der Waals surface area contributed by atoms with Crippen molar-refractivity contribution < 1.29 is 17.9 Å². The number of nitrogens with zero attached hydrogens (tertiary/aromatic N) is 1. The van der Waals surface area contributed by atoms with Crippen molar-refractivity contribution >= 4 is 15.9 Å². The van der Waals surface area contributed by atoms with Crippen LogP contribution in [0.25, 0.3) is 0 Å². The maximum Gasteiger partial charge on any atom is 0.242 e. The van der Waals surface area contributed by atoms with Crippen LogP contribution in [0.5, 0.6) is 0 Å². The molecule has 2 aliphatic heterocycles. The van der Waals surface area contributed by atoms with Crippen molar-refractivity contribution in [3.05, 3.63) is 30.1 Å². The highest BCUT2D eigenvalue weighted by atomic mass is 32.2. The Bertz CT molecular complexity index is 646. The summed E-state index contributed by atoms with van der Waals surface area (Å²) in [6.45, 7) is 1.78. The summed E-state index contributed by atoms with van der Waals surface area (Å²) in [5.74, 6) is -0.712. The smallest absolute Gasteiger partial charge is 0.242 e. The first-order valence-corrected chi connectivity index (χ1v) is 8.63. The van der Waals surface area contributed by atoms with Crippen LogP contribution >= 0.6 is 0 Å². The Morgan fingerprint density at radius 2 is 2.33 bits per heavy atom. The summed E-state index contributed by atoms with van der Waals surface area (Å²) in [4.78, 5) is 16.2. The fourth-order valence-electron chi connectivity index (χ4n) is 3.16. The Morgan fingerprint density at radius 3 is 2.90 bits per heavy atom. The quantitative estimate of drug-likeness (QED) is 0.896. The molecule has 2 saturated heterocycles. The molecule has 6 nitrogen and oxygen atoms in total. The lowest BCUT2D eigenvalue weighted by atomic mass is 9.75. The number of rotatable bonds is 4. The van der Waals surface area contributed by atoms with Gasteiger partial charge in [-0.25, -0.2) is 8.42 Å². The zero-order chi connectivity index (χ0) is 15.1. The zero-order valence-electron chi connectivity index (χ0n) is 11.8. The predicted molar refractivity (Wildman–Crippen MR) is 75.6 cm³/mol. The van der Waals surface area contributed by atoms with Gasteiger partial charge >= 0.3 is 0 Å². The third-order valence-corrected chi connectivity index (χ3v) is 5.53. The van der Waals surface area contributed by atoms with Gasteiger partial charge in [0.1, 0.15) is 0 Å². The predicted octanol–water partition coefficient (Wildman–Crippen LogP) is 0.985. The minimum atomic E-state index is -3.72. The molecule has 0 spiro atoms. The lowest BCUT2D eigenvalue weighted by molar-refractivity contribution is -0.131. The molecular weight excluding hydrogens is 292 g/mol. The summed E-state index contributed by atoms with van der Waals surface area (Å²) in [6, 6.07) is 3.33. The molecule has 21 heavy (non-hydrogen) atoms. The van der Waals surface area contributed by atoms with E-state index in [9.17, 15) is 13.2 Å². The monoisotopic (exact) mass is 310 g/mol. The molecule has 3 rings (SSSR count). The van der Waals surface area contributed by atoms with E-state index in [2.05, 4.69) is 9.71 Å². The van der Waals surface area contributed by atoms with Crippen LogP contribution in [0.2, 0.25) is 0 Å². The molecule has 2 fully saturated rings. The number of carbonyl (C=O) groups excluding carboxylic acids is 1. The van der Waals surface area contributed by atoms with Crippen LogP contribution in [-0.4, -0.2) is 31.5 Å². The van der Waals surface area contributed by atoms with E-state index in [0.717, 1.165) is 12.8 Å². The summed E-state index contributed by atoms with van der Waals surface area (Å²) in [6.07, 6.45) is 5.33. The van der Waals surface area contributed by atoms with E-state index in [1.807, 2.05) is 0 Å². The van der Waals surface area contributed by atoms with Crippen LogP contribution in [0.4, 0.5) is 0 Å². The summed E-state index contributed by atoms with van der Waals surface area (Å²) >= 11 is 0. The molecule has 0 radical (unpaired) electrons. The molecule has 2 aliphatic rings. The van der Waals surface area contributed by atoms with E-state index in [0.29, 0.717) is 12.0 Å². The highest BCUT2D eigenvalue weighted by molar-refractivity contribution is 7.89. The van der Waals surface area contributed by atoms with E-state index in [1.54, 1.807) is 25.3 Å². The number of sulfonamides is 1. The van der Waals surface area contributed by atoms with Gasteiger partial charge in [0.25, 0.3) is 0 Å². The molecule has 2 bridgehead atoms. The third-order valence-electron chi connectivity index (χ3n) is 4.32. The van der Waals surface area contributed by atoms with Gasteiger partial charge in [-0.05, 0) is 37.8 Å². The highest BCUT2D eigenvalue weighted by Crippen LogP contribution is 2.47. The molecule has 1 aromatic rings. The Morgan fingerprint density at radius 1 is 1.52 bits per heavy atom. The SMILES string of the molecule is C[C@]1(C(=O)NS(=O)(=O)Cc2cccnc2)C[C@H]2CC[C@@H]1O2. The second-order valence-corrected chi connectivity index (χ2v) is 7.72. The van der Waals surface area contributed by atoms with Gasteiger partial charge < -0.3 is 4.74 Å². The Balaban J connectivity index is 1.69. The number of ether oxygens (including phenoxy) is 1. The highest BCUT2D eigenvalue weighted by Gasteiger charge is 2.54. The minimum Gasteiger partial charge on any atom is -0.374 e. The van der Waals surface area contributed by atoms with Gasteiger partial charge in [0.05, 0.1) is 23.4 Å². The number of carbonyl (C=O) groups is 1. The van der Waals surface area contributed by atoms with Gasteiger partial charge in [0, 0.05) is 12.4 Å². The first-order chi connectivity index (χ1) is 9.89. The molecule has 1 aromatic heterocycles. The standard InChI is InChI=1S/C14H18N2O4S/c1-14(7-11-4-5-12(14)20-11)13(17)16-21(18,19)9-10-3-2-6-15-8-10/h2-3,6,8,11-12H,4-5,7,9H2,1H3,(H,16,17)/t11-,12+,14+/m1/s1. The topological polar surface area (TPSA) is 85.4 Å². The van der Waals surface area contributed by atoms with Gasteiger partial charge in [-0.2, -0.15) is 0 Å². The number of pyridine rings is 1. The second kappa shape index (κ2) is 5.06. The number of hydrogen-bond donors (Lipinski definition) is 1. The van der Waals surface area contributed by atoms with Crippen LogP contribution in [0, 0.1) is 5.41 Å². The summed E-state index contributed by atoms with van der Waals surface area (Å²) in [7, 11) is -3.72. The van der Waals surface area contributed by atoms with Crippen LogP contribution in [0.1, 0.15) is 31.7 Å². The van der Waals surface area contributed by atoms with E-state index in [-0.39, 0.29) is 18.0 Å². The molecule has 114 valence electrons. The Labute approximate surface area is 124 Å². The zero-order valence-corrected chi connectivity index (χ0v) is 12.6. The van der Waals surface area contributed by atoms with E-state index in [1.165, 1.54) is 6.20 Å². The molecule has 0 saturated carbocycles. The fourth-order valence-corrected chi connectivity index (χ4v) is 4.36. The fraction of sp³-hybridized carbons (Fsp3) is 0.571. The van der Waals surface area contributed by atoms with Crippen molar-refractivity contribution in [3.8, 4) is 0 Å². The molecule has 0 aromatic carbocycles. The Hall–Kier alpha value is -1.47. The van der Waals surface area contributed by atoms with Gasteiger partial charge in [-0.3, -0.25) is 14.5 Å². The lowest BCUT2D eigenvalue weighted by Crippen LogP contribution is -2.47. The van der Waals surface area contributed by atoms with Crippen molar-refractivity contribution in [1.29, 1.82) is 0 Å². The maximum absolute atomic E-state index is 12.4. The molecule has 0 unspecified atom stereocenters. The van der Waals surface area contributed by atoms with Crippen LogP contribution in [0.15, 0.2) is 24.5 Å². The minimum absolute atomic E-state index is 0.0896. The van der Waals surface area contributed by atoms with Crippen LogP contribution < -0.4 is 4.72 Å². The van der Waals surface area contributed by atoms with Crippen molar-refractivity contribution in [2.45, 2.75) is 44.1 Å². The maximum atomic E-state index is 12.4. The summed E-state index contributed by atoms with van der Waals surface area (Å²) in [5, 5.41) is 0. The Kier molecular flexibility index (Phi) is 3.49. The van der Waals surface area contributed by atoms with E-state index >= 15 is 0 Å². The molecule has 1 N–H and O–H groups in total. The first kappa shape index (κ1) is 14.5.